The van der Waals surface area contributed by atoms with Gasteiger partial charge in [-0.1, -0.05) is 72.8 Å². The number of phenolic OH excluding ortho intramolecular Hbond substituents is 1. The van der Waals surface area contributed by atoms with Crippen molar-refractivity contribution < 1.29 is 24.2 Å². The van der Waals surface area contributed by atoms with Crippen LogP contribution in [0.15, 0.2) is 97.1 Å². The molecule has 170 valence electrons. The number of carboxylic acid groups (broad SMARTS) is 1. The highest BCUT2D eigenvalue weighted by Gasteiger charge is 2.23. The van der Waals surface area contributed by atoms with Crippen molar-refractivity contribution in [1.82, 2.24) is 5.32 Å². The molecule has 0 heterocycles. The molecule has 0 fully saturated rings. The first-order valence-corrected chi connectivity index (χ1v) is 10.7. The zero-order valence-electron chi connectivity index (χ0n) is 18.1. The first kappa shape index (κ1) is 22.7. The van der Waals surface area contributed by atoms with Crippen molar-refractivity contribution >= 4 is 11.9 Å². The monoisotopic (exact) mass is 455 g/mol. The normalized spacial score (nSPS) is 11.6. The number of hydrogen-bond donors (Lipinski definition) is 3. The number of aliphatic carboxylic acids is 1. The standard InChI is InChI=1S/C28H22FNO4/c29-23-8-4-7-21(16-23)22-13-14-26(31)24(17-22)27(32)30-25(28(33)34)15-18-9-11-20(12-10-18)19-5-2-1-3-6-19/h1-14,16-17,25,31H,15H2,(H,30,32)(H,33,34). The van der Waals surface area contributed by atoms with E-state index in [2.05, 4.69) is 5.32 Å². The van der Waals surface area contributed by atoms with Gasteiger partial charge in [0.05, 0.1) is 5.56 Å². The Morgan fingerprint density at radius 2 is 1.38 bits per heavy atom. The Morgan fingerprint density at radius 1 is 0.765 bits per heavy atom. The summed E-state index contributed by atoms with van der Waals surface area (Å²) in [5, 5.41) is 22.4. The molecule has 5 nitrogen and oxygen atoms in total. The van der Waals surface area contributed by atoms with Gasteiger partial charge in [0, 0.05) is 6.42 Å². The van der Waals surface area contributed by atoms with Gasteiger partial charge in [0.25, 0.3) is 5.91 Å². The molecule has 4 aromatic carbocycles. The van der Waals surface area contributed by atoms with E-state index in [0.717, 1.165) is 16.7 Å². The van der Waals surface area contributed by atoms with E-state index in [0.29, 0.717) is 11.1 Å². The van der Waals surface area contributed by atoms with Gasteiger partial charge >= 0.3 is 5.97 Å². The van der Waals surface area contributed by atoms with Gasteiger partial charge in [-0.15, -0.1) is 0 Å². The van der Waals surface area contributed by atoms with Crippen molar-refractivity contribution in [2.75, 3.05) is 0 Å². The van der Waals surface area contributed by atoms with Gasteiger partial charge < -0.3 is 15.5 Å². The number of carbonyl (C=O) groups excluding carboxylic acids is 1. The average Bonchev–Trinajstić information content (AvgIpc) is 2.85. The minimum atomic E-state index is -1.20. The van der Waals surface area contributed by atoms with Crippen LogP contribution < -0.4 is 5.32 Å². The number of halogens is 1. The lowest BCUT2D eigenvalue weighted by molar-refractivity contribution is -0.139. The molecule has 4 rings (SSSR count). The van der Waals surface area contributed by atoms with Gasteiger partial charge in [-0.2, -0.15) is 0 Å². The van der Waals surface area contributed by atoms with Crippen molar-refractivity contribution in [2.24, 2.45) is 0 Å². The highest BCUT2D eigenvalue weighted by Crippen LogP contribution is 2.27. The third kappa shape index (κ3) is 5.30. The van der Waals surface area contributed by atoms with E-state index in [9.17, 15) is 24.2 Å². The number of amides is 1. The summed E-state index contributed by atoms with van der Waals surface area (Å²) in [6.45, 7) is 0. The maximum absolute atomic E-state index is 13.6. The van der Waals surface area contributed by atoms with Crippen LogP contribution in [-0.2, 0) is 11.2 Å². The summed E-state index contributed by atoms with van der Waals surface area (Å²) in [4.78, 5) is 24.7. The second kappa shape index (κ2) is 10.0. The molecule has 6 heteroatoms. The second-order valence-corrected chi connectivity index (χ2v) is 7.87. The Hall–Kier alpha value is -4.45. The predicted octanol–water partition coefficient (Wildman–Crippen LogP) is 5.29. The highest BCUT2D eigenvalue weighted by atomic mass is 19.1. The Morgan fingerprint density at radius 3 is 2.06 bits per heavy atom. The van der Waals surface area contributed by atoms with E-state index in [1.165, 1.54) is 24.3 Å². The van der Waals surface area contributed by atoms with Crippen LogP contribution in [0, 0.1) is 5.82 Å². The third-order valence-electron chi connectivity index (χ3n) is 5.50. The first-order chi connectivity index (χ1) is 16.4. The van der Waals surface area contributed by atoms with Gasteiger partial charge in [0.2, 0.25) is 0 Å². The summed E-state index contributed by atoms with van der Waals surface area (Å²) >= 11 is 0. The molecular formula is C28H22FNO4. The molecule has 0 aromatic heterocycles. The molecule has 0 saturated heterocycles. The Labute approximate surface area is 196 Å². The molecule has 0 aliphatic heterocycles. The van der Waals surface area contributed by atoms with Crippen LogP contribution in [0.3, 0.4) is 0 Å². The summed E-state index contributed by atoms with van der Waals surface area (Å²) in [5.74, 6) is -2.65. The summed E-state index contributed by atoms with van der Waals surface area (Å²) in [7, 11) is 0. The van der Waals surface area contributed by atoms with E-state index < -0.39 is 23.7 Å². The maximum Gasteiger partial charge on any atom is 0.326 e. The maximum atomic E-state index is 13.6. The molecule has 0 saturated carbocycles. The van der Waals surface area contributed by atoms with Gasteiger partial charge in [0.1, 0.15) is 17.6 Å². The Kier molecular flexibility index (Phi) is 6.69. The molecule has 0 aliphatic carbocycles. The Balaban J connectivity index is 1.51. The quantitative estimate of drug-likeness (QED) is 0.353. The molecular weight excluding hydrogens is 433 g/mol. The first-order valence-electron chi connectivity index (χ1n) is 10.7. The zero-order chi connectivity index (χ0) is 24.1. The fourth-order valence-electron chi connectivity index (χ4n) is 3.70. The number of rotatable bonds is 7. The number of aromatic hydroxyl groups is 1. The van der Waals surface area contributed by atoms with E-state index in [-0.39, 0.29) is 17.7 Å². The number of hydrogen-bond acceptors (Lipinski definition) is 3. The van der Waals surface area contributed by atoms with Gasteiger partial charge in [-0.05, 0) is 52.1 Å². The van der Waals surface area contributed by atoms with Crippen LogP contribution >= 0.6 is 0 Å². The minimum Gasteiger partial charge on any atom is -0.507 e. The van der Waals surface area contributed by atoms with Gasteiger partial charge in [-0.25, -0.2) is 9.18 Å². The number of carboxylic acids is 1. The van der Waals surface area contributed by atoms with Crippen molar-refractivity contribution in [1.29, 1.82) is 0 Å². The SMILES string of the molecule is O=C(NC(Cc1ccc(-c2ccccc2)cc1)C(=O)O)c1cc(-c2cccc(F)c2)ccc1O. The fraction of sp³-hybridized carbons (Fsp3) is 0.0714. The summed E-state index contributed by atoms with van der Waals surface area (Å²) in [5.41, 5.74) is 3.75. The van der Waals surface area contributed by atoms with Crippen LogP contribution in [0.1, 0.15) is 15.9 Å². The molecule has 0 radical (unpaired) electrons. The molecule has 0 aliphatic rings. The number of benzene rings is 4. The lowest BCUT2D eigenvalue weighted by Crippen LogP contribution is -2.42. The summed E-state index contributed by atoms with van der Waals surface area (Å²) in [6.07, 6.45) is 0.0699. The molecule has 0 spiro atoms. The number of carbonyl (C=O) groups is 2. The van der Waals surface area contributed by atoms with Crippen LogP contribution in [0.4, 0.5) is 4.39 Å². The predicted molar refractivity (Wildman–Crippen MR) is 128 cm³/mol. The summed E-state index contributed by atoms with van der Waals surface area (Å²) in [6, 6.07) is 26.2. The molecule has 1 atom stereocenters. The van der Waals surface area contributed by atoms with Crippen LogP contribution in [0.5, 0.6) is 5.75 Å². The molecule has 3 N–H and O–H groups in total. The van der Waals surface area contributed by atoms with E-state index in [1.54, 1.807) is 18.2 Å². The number of phenols is 1. The smallest absolute Gasteiger partial charge is 0.326 e. The fourth-order valence-corrected chi connectivity index (χ4v) is 3.70. The largest absolute Gasteiger partial charge is 0.507 e. The molecule has 4 aromatic rings. The van der Waals surface area contributed by atoms with E-state index in [4.69, 9.17) is 0 Å². The molecule has 1 amide bonds. The van der Waals surface area contributed by atoms with Gasteiger partial charge in [0.15, 0.2) is 0 Å². The average molecular weight is 455 g/mol. The topological polar surface area (TPSA) is 86.6 Å². The van der Waals surface area contributed by atoms with Crippen LogP contribution in [0.25, 0.3) is 22.3 Å². The lowest BCUT2D eigenvalue weighted by Gasteiger charge is -2.16. The lowest BCUT2D eigenvalue weighted by atomic mass is 9.99. The third-order valence-corrected chi connectivity index (χ3v) is 5.50. The van der Waals surface area contributed by atoms with Crippen molar-refractivity contribution in [3.8, 4) is 28.0 Å². The number of nitrogens with one attached hydrogen (secondary N) is 1. The van der Waals surface area contributed by atoms with Gasteiger partial charge in [-0.3, -0.25) is 4.79 Å². The van der Waals surface area contributed by atoms with Crippen molar-refractivity contribution in [3.63, 3.8) is 0 Å². The zero-order valence-corrected chi connectivity index (χ0v) is 18.1. The molecule has 0 bridgehead atoms. The second-order valence-electron chi connectivity index (χ2n) is 7.87. The van der Waals surface area contributed by atoms with Crippen LogP contribution in [-0.4, -0.2) is 28.1 Å². The molecule has 34 heavy (non-hydrogen) atoms. The molecule has 1 unspecified atom stereocenters. The van der Waals surface area contributed by atoms with Crippen molar-refractivity contribution in [3.05, 3.63) is 114 Å². The highest BCUT2D eigenvalue weighted by molar-refractivity contribution is 6.00. The Bertz CT molecular complexity index is 1320. The summed E-state index contributed by atoms with van der Waals surface area (Å²) < 4.78 is 13.6. The van der Waals surface area contributed by atoms with E-state index in [1.807, 2.05) is 54.6 Å². The van der Waals surface area contributed by atoms with E-state index >= 15 is 0 Å². The minimum absolute atomic E-state index is 0.0699. The van der Waals surface area contributed by atoms with Crippen LogP contribution in [0.2, 0.25) is 0 Å². The van der Waals surface area contributed by atoms with Crippen molar-refractivity contribution in [2.45, 2.75) is 12.5 Å².